The number of ether oxygens (including phenoxy) is 3. The van der Waals surface area contributed by atoms with Crippen molar-refractivity contribution in [2.24, 2.45) is 0 Å². The van der Waals surface area contributed by atoms with Gasteiger partial charge in [0.1, 0.15) is 11.9 Å². The first-order chi connectivity index (χ1) is 13.7. The second-order valence-corrected chi connectivity index (χ2v) is 7.44. The summed E-state index contributed by atoms with van der Waals surface area (Å²) >= 11 is 0. The highest BCUT2D eigenvalue weighted by Crippen LogP contribution is 2.38. The van der Waals surface area contributed by atoms with Gasteiger partial charge in [-0.1, -0.05) is 42.5 Å². The summed E-state index contributed by atoms with van der Waals surface area (Å²) in [5, 5.41) is 0. The molecule has 2 aromatic rings. The number of carbonyl (C=O) groups excluding carboxylic acids is 1. The molecule has 0 spiro atoms. The normalized spacial score (nSPS) is 21.9. The fourth-order valence-corrected chi connectivity index (χ4v) is 4.26. The Morgan fingerprint density at radius 1 is 1.04 bits per heavy atom. The fourth-order valence-electron chi connectivity index (χ4n) is 4.26. The fraction of sp³-hybridized carbons (Fsp3) is 0.435. The Labute approximate surface area is 166 Å². The van der Waals surface area contributed by atoms with Crippen molar-refractivity contribution in [2.75, 3.05) is 40.0 Å². The number of morpholine rings is 1. The molecule has 2 heterocycles. The lowest BCUT2D eigenvalue weighted by Crippen LogP contribution is -2.53. The summed E-state index contributed by atoms with van der Waals surface area (Å²) in [6, 6.07) is 18.1. The first kappa shape index (κ1) is 19.0. The average Bonchev–Trinajstić information content (AvgIpc) is 2.80. The van der Waals surface area contributed by atoms with Gasteiger partial charge in [-0.3, -0.25) is 4.79 Å². The molecule has 1 amide bonds. The van der Waals surface area contributed by atoms with Crippen molar-refractivity contribution in [3.8, 4) is 5.75 Å². The minimum atomic E-state index is -0.539. The van der Waals surface area contributed by atoms with Gasteiger partial charge in [-0.25, -0.2) is 0 Å². The minimum absolute atomic E-state index is 0.0772. The number of carbonyl (C=O) groups is 1. The van der Waals surface area contributed by atoms with E-state index in [9.17, 15) is 4.79 Å². The summed E-state index contributed by atoms with van der Waals surface area (Å²) in [6.07, 6.45) is 1.32. The van der Waals surface area contributed by atoms with E-state index in [-0.39, 0.29) is 12.0 Å². The number of hydrogen-bond donors (Lipinski definition) is 0. The van der Waals surface area contributed by atoms with Crippen LogP contribution in [0.25, 0.3) is 0 Å². The molecular weight excluding hydrogens is 354 g/mol. The molecule has 5 heteroatoms. The predicted octanol–water partition coefficient (Wildman–Crippen LogP) is 3.34. The van der Waals surface area contributed by atoms with Crippen LogP contribution >= 0.6 is 0 Å². The molecule has 2 saturated heterocycles. The molecule has 0 aromatic heterocycles. The van der Waals surface area contributed by atoms with Gasteiger partial charge < -0.3 is 19.1 Å². The largest absolute Gasteiger partial charge is 0.497 e. The van der Waals surface area contributed by atoms with E-state index >= 15 is 0 Å². The van der Waals surface area contributed by atoms with Gasteiger partial charge in [-0.2, -0.15) is 0 Å². The molecule has 2 aromatic carbocycles. The van der Waals surface area contributed by atoms with E-state index in [4.69, 9.17) is 14.2 Å². The highest BCUT2D eigenvalue weighted by atomic mass is 16.5. The topological polar surface area (TPSA) is 48.0 Å². The maximum absolute atomic E-state index is 13.8. The molecule has 5 nitrogen and oxygen atoms in total. The van der Waals surface area contributed by atoms with Gasteiger partial charge in [0.05, 0.1) is 25.7 Å². The molecule has 0 N–H and O–H groups in total. The molecule has 28 heavy (non-hydrogen) atoms. The second kappa shape index (κ2) is 8.33. The van der Waals surface area contributed by atoms with E-state index in [2.05, 4.69) is 12.1 Å². The van der Waals surface area contributed by atoms with E-state index in [1.807, 2.05) is 47.4 Å². The number of nitrogens with zero attached hydrogens (tertiary/aromatic N) is 1. The van der Waals surface area contributed by atoms with Gasteiger partial charge in [-0.05, 0) is 36.1 Å². The third-order valence-corrected chi connectivity index (χ3v) is 5.92. The van der Waals surface area contributed by atoms with Crippen LogP contribution in [0.2, 0.25) is 0 Å². The van der Waals surface area contributed by atoms with Crippen LogP contribution in [0.5, 0.6) is 5.75 Å². The van der Waals surface area contributed by atoms with E-state index in [0.717, 1.165) is 16.9 Å². The molecular formula is C23H27NO4. The van der Waals surface area contributed by atoms with Crippen LogP contribution in [0.3, 0.4) is 0 Å². The molecule has 0 saturated carbocycles. The first-order valence-corrected chi connectivity index (χ1v) is 9.91. The van der Waals surface area contributed by atoms with Gasteiger partial charge in [0.25, 0.3) is 0 Å². The van der Waals surface area contributed by atoms with Crippen molar-refractivity contribution in [3.63, 3.8) is 0 Å². The third kappa shape index (κ3) is 3.64. The first-order valence-electron chi connectivity index (χ1n) is 9.91. The van der Waals surface area contributed by atoms with E-state index < -0.39 is 5.41 Å². The van der Waals surface area contributed by atoms with Crippen LogP contribution in [0.4, 0.5) is 0 Å². The van der Waals surface area contributed by atoms with Crippen LogP contribution in [0.1, 0.15) is 30.1 Å². The van der Waals surface area contributed by atoms with Crippen molar-refractivity contribution in [3.05, 3.63) is 65.7 Å². The molecule has 1 atom stereocenters. The van der Waals surface area contributed by atoms with E-state index in [0.29, 0.717) is 45.8 Å². The van der Waals surface area contributed by atoms with Gasteiger partial charge in [-0.15, -0.1) is 0 Å². The lowest BCUT2D eigenvalue weighted by molar-refractivity contribution is -0.149. The molecule has 0 bridgehead atoms. The van der Waals surface area contributed by atoms with Crippen molar-refractivity contribution in [2.45, 2.75) is 24.4 Å². The molecule has 0 unspecified atom stereocenters. The van der Waals surface area contributed by atoms with Crippen molar-refractivity contribution in [1.82, 2.24) is 4.90 Å². The zero-order valence-corrected chi connectivity index (χ0v) is 16.3. The van der Waals surface area contributed by atoms with Gasteiger partial charge in [0.2, 0.25) is 5.91 Å². The van der Waals surface area contributed by atoms with Crippen LogP contribution in [-0.2, 0) is 19.7 Å². The van der Waals surface area contributed by atoms with Crippen LogP contribution in [0, 0.1) is 0 Å². The average molecular weight is 381 g/mol. The quantitative estimate of drug-likeness (QED) is 0.815. The summed E-state index contributed by atoms with van der Waals surface area (Å²) in [4.78, 5) is 15.8. The summed E-state index contributed by atoms with van der Waals surface area (Å²) in [6.45, 7) is 2.97. The van der Waals surface area contributed by atoms with Crippen LogP contribution in [0.15, 0.2) is 54.6 Å². The Kier molecular flexibility index (Phi) is 5.64. The van der Waals surface area contributed by atoms with Crippen molar-refractivity contribution in [1.29, 1.82) is 0 Å². The molecule has 4 rings (SSSR count). The molecule has 2 aliphatic heterocycles. The van der Waals surface area contributed by atoms with Crippen LogP contribution in [-0.4, -0.2) is 50.8 Å². The Hall–Kier alpha value is -2.37. The molecule has 0 aliphatic carbocycles. The van der Waals surface area contributed by atoms with Gasteiger partial charge in [0, 0.05) is 19.8 Å². The lowest BCUT2D eigenvalue weighted by Gasteiger charge is -2.42. The Morgan fingerprint density at radius 3 is 2.43 bits per heavy atom. The maximum Gasteiger partial charge on any atom is 0.233 e. The predicted molar refractivity (Wildman–Crippen MR) is 106 cm³/mol. The molecule has 148 valence electrons. The number of rotatable bonds is 4. The Balaban J connectivity index is 1.60. The Bertz CT molecular complexity index is 784. The summed E-state index contributed by atoms with van der Waals surface area (Å²) < 4.78 is 16.9. The summed E-state index contributed by atoms with van der Waals surface area (Å²) in [7, 11) is 1.65. The van der Waals surface area contributed by atoms with Crippen molar-refractivity contribution >= 4 is 5.91 Å². The third-order valence-electron chi connectivity index (χ3n) is 5.92. The minimum Gasteiger partial charge on any atom is -0.497 e. The highest BCUT2D eigenvalue weighted by Gasteiger charge is 2.45. The number of hydrogen-bond acceptors (Lipinski definition) is 4. The molecule has 2 fully saturated rings. The zero-order valence-electron chi connectivity index (χ0n) is 16.3. The second-order valence-electron chi connectivity index (χ2n) is 7.44. The van der Waals surface area contributed by atoms with Gasteiger partial charge in [0.15, 0.2) is 0 Å². The SMILES string of the molecule is COc1ccc(C2(C(=O)N3CCO[C@H](c4ccccc4)C3)CCOCC2)cc1. The van der Waals surface area contributed by atoms with Crippen molar-refractivity contribution < 1.29 is 19.0 Å². The highest BCUT2D eigenvalue weighted by molar-refractivity contribution is 5.88. The summed E-state index contributed by atoms with van der Waals surface area (Å²) in [5.74, 6) is 0.985. The monoisotopic (exact) mass is 381 g/mol. The standard InChI is InChI=1S/C23H27NO4/c1-26-20-9-7-19(8-10-20)23(11-14-27-15-12-23)22(25)24-13-16-28-21(17-24)18-5-3-2-4-6-18/h2-10,21H,11-17H2,1H3/t21-/m0/s1. The molecule has 0 radical (unpaired) electrons. The number of benzene rings is 2. The van der Waals surface area contributed by atoms with E-state index in [1.54, 1.807) is 7.11 Å². The van der Waals surface area contributed by atoms with E-state index in [1.165, 1.54) is 0 Å². The zero-order chi connectivity index (χ0) is 19.4. The smallest absolute Gasteiger partial charge is 0.233 e. The number of methoxy groups -OCH3 is 1. The van der Waals surface area contributed by atoms with Gasteiger partial charge >= 0.3 is 0 Å². The Morgan fingerprint density at radius 2 is 1.75 bits per heavy atom. The summed E-state index contributed by atoms with van der Waals surface area (Å²) in [5.41, 5.74) is 1.62. The maximum atomic E-state index is 13.8. The lowest BCUT2D eigenvalue weighted by atomic mass is 9.72. The molecule has 2 aliphatic rings. The van der Waals surface area contributed by atoms with Crippen LogP contribution < -0.4 is 4.74 Å². The number of amides is 1.